The zero-order valence-electron chi connectivity index (χ0n) is 15.4. The van der Waals surface area contributed by atoms with E-state index in [4.69, 9.17) is 21.7 Å². The molecule has 0 unspecified atom stereocenters. The van der Waals surface area contributed by atoms with E-state index in [-0.39, 0.29) is 12.0 Å². The number of carboxylic acid groups (broad SMARTS) is 1. The van der Waals surface area contributed by atoms with E-state index in [1.165, 1.54) is 4.88 Å². The zero-order chi connectivity index (χ0) is 19.7. The van der Waals surface area contributed by atoms with E-state index in [9.17, 15) is 9.59 Å². The van der Waals surface area contributed by atoms with Crippen molar-refractivity contribution in [2.75, 3.05) is 0 Å². The van der Waals surface area contributed by atoms with E-state index < -0.39 is 5.97 Å². The first kappa shape index (κ1) is 19.2. The number of rotatable bonds is 6. The number of benzene rings is 1. The maximum Gasteiger partial charge on any atom is 0.303 e. The zero-order valence-corrected chi connectivity index (χ0v) is 17.0. The van der Waals surface area contributed by atoms with E-state index in [1.807, 2.05) is 24.3 Å². The summed E-state index contributed by atoms with van der Waals surface area (Å²) in [4.78, 5) is 31.2. The molecule has 0 atom stereocenters. The van der Waals surface area contributed by atoms with Crippen molar-refractivity contribution < 1.29 is 9.90 Å². The van der Waals surface area contributed by atoms with Gasteiger partial charge in [0, 0.05) is 29.3 Å². The number of thiophene rings is 1. The topological polar surface area (TPSA) is 72.2 Å². The molecule has 1 aliphatic carbocycles. The van der Waals surface area contributed by atoms with Crippen molar-refractivity contribution in [1.82, 2.24) is 9.55 Å². The molecule has 0 amide bonds. The summed E-state index contributed by atoms with van der Waals surface area (Å²) in [5.74, 6) is -0.185. The minimum atomic E-state index is -0.855. The highest BCUT2D eigenvalue weighted by Gasteiger charge is 2.22. The molecule has 0 saturated heterocycles. The first-order chi connectivity index (χ1) is 13.5. The number of aryl methyl sites for hydroxylation is 2. The number of fused-ring (bicyclic) bond motifs is 3. The van der Waals surface area contributed by atoms with Crippen molar-refractivity contribution in [3.05, 3.63) is 61.5 Å². The lowest BCUT2D eigenvalue weighted by atomic mass is 9.97. The van der Waals surface area contributed by atoms with Crippen LogP contribution in [0.3, 0.4) is 0 Å². The molecular weight excluding hydrogens is 396 g/mol. The largest absolute Gasteiger partial charge is 0.481 e. The Labute approximate surface area is 171 Å². The smallest absolute Gasteiger partial charge is 0.303 e. The number of aromatic nitrogens is 2. The minimum absolute atomic E-state index is 0.0306. The number of carboxylic acids is 1. The molecule has 0 radical (unpaired) electrons. The second kappa shape index (κ2) is 8.05. The van der Waals surface area contributed by atoms with Gasteiger partial charge in [0.2, 0.25) is 0 Å². The number of hydrogen-bond donors (Lipinski definition) is 1. The molecule has 1 aliphatic rings. The third-order valence-electron chi connectivity index (χ3n) is 5.18. The fourth-order valence-corrected chi connectivity index (χ4v) is 5.35. The molecule has 1 N–H and O–H groups in total. The monoisotopic (exact) mass is 416 g/mol. The Kier molecular flexibility index (Phi) is 5.51. The second-order valence-corrected chi connectivity index (χ2v) is 8.70. The Morgan fingerprint density at radius 1 is 1.29 bits per heavy atom. The van der Waals surface area contributed by atoms with E-state index >= 15 is 0 Å². The third-order valence-corrected chi connectivity index (χ3v) is 6.60. The van der Waals surface area contributed by atoms with Gasteiger partial charge in [-0.3, -0.25) is 14.2 Å². The number of nitrogens with zero attached hydrogens (tertiary/aromatic N) is 2. The normalized spacial score (nSPS) is 13.6. The van der Waals surface area contributed by atoms with Crippen LogP contribution < -0.4 is 5.56 Å². The van der Waals surface area contributed by atoms with Crippen LogP contribution in [0, 0.1) is 0 Å². The Balaban J connectivity index is 1.81. The van der Waals surface area contributed by atoms with Crippen molar-refractivity contribution in [1.29, 1.82) is 0 Å². The first-order valence-electron chi connectivity index (χ1n) is 9.53. The van der Waals surface area contributed by atoms with Crippen LogP contribution in [0.2, 0.25) is 5.02 Å². The van der Waals surface area contributed by atoms with Gasteiger partial charge in [-0.25, -0.2) is 4.98 Å². The van der Waals surface area contributed by atoms with Crippen LogP contribution in [0.15, 0.2) is 29.1 Å². The van der Waals surface area contributed by atoms with Crippen molar-refractivity contribution >= 4 is 39.1 Å². The first-order valence-corrected chi connectivity index (χ1v) is 10.7. The van der Waals surface area contributed by atoms with Gasteiger partial charge in [-0.2, -0.15) is 0 Å². The quantitative estimate of drug-likeness (QED) is 0.644. The highest BCUT2D eigenvalue weighted by atomic mass is 35.5. The Bertz CT molecular complexity index is 1100. The lowest BCUT2D eigenvalue weighted by Crippen LogP contribution is -2.26. The van der Waals surface area contributed by atoms with Gasteiger partial charge >= 0.3 is 5.97 Å². The van der Waals surface area contributed by atoms with Crippen molar-refractivity contribution in [2.45, 2.75) is 51.5 Å². The molecule has 0 bridgehead atoms. The number of hydrogen-bond acceptors (Lipinski definition) is 4. The van der Waals surface area contributed by atoms with E-state index in [1.54, 1.807) is 15.9 Å². The van der Waals surface area contributed by atoms with Crippen LogP contribution in [0.25, 0.3) is 10.2 Å². The summed E-state index contributed by atoms with van der Waals surface area (Å²) in [5, 5.41) is 10.4. The fourth-order valence-electron chi connectivity index (χ4n) is 3.86. The SMILES string of the molecule is O=C(O)CCCn1c(Cc2cccc(Cl)c2)nc2sc3c(c2c1=O)CCCC3. The summed E-state index contributed by atoms with van der Waals surface area (Å²) in [5.41, 5.74) is 2.10. The predicted molar refractivity (Wildman–Crippen MR) is 112 cm³/mol. The van der Waals surface area contributed by atoms with Crippen LogP contribution in [0.1, 0.15) is 47.5 Å². The summed E-state index contributed by atoms with van der Waals surface area (Å²) in [6.07, 6.45) is 5.11. The molecule has 146 valence electrons. The molecule has 0 aliphatic heterocycles. The highest BCUT2D eigenvalue weighted by molar-refractivity contribution is 7.18. The average molecular weight is 417 g/mol. The van der Waals surface area contributed by atoms with Crippen LogP contribution in [-0.4, -0.2) is 20.6 Å². The van der Waals surface area contributed by atoms with Gasteiger partial charge in [0.15, 0.2) is 0 Å². The molecule has 0 spiro atoms. The van der Waals surface area contributed by atoms with Gasteiger partial charge in [-0.15, -0.1) is 11.3 Å². The number of halogens is 1. The van der Waals surface area contributed by atoms with Crippen LogP contribution in [0.5, 0.6) is 0 Å². The minimum Gasteiger partial charge on any atom is -0.481 e. The maximum absolute atomic E-state index is 13.4. The van der Waals surface area contributed by atoms with Crippen LogP contribution in [-0.2, 0) is 30.6 Å². The summed E-state index contributed by atoms with van der Waals surface area (Å²) >= 11 is 7.75. The standard InChI is InChI=1S/C21H21ClN2O3S/c22-14-6-3-5-13(11-14)12-17-23-20-19(15-7-1-2-8-16(15)28-20)21(27)24(17)10-4-9-18(25)26/h3,5-6,11H,1-2,4,7-10,12H2,(H,25,26). The van der Waals surface area contributed by atoms with Gasteiger partial charge in [0.05, 0.1) is 5.39 Å². The molecule has 2 heterocycles. The summed E-state index contributed by atoms with van der Waals surface area (Å²) in [7, 11) is 0. The lowest BCUT2D eigenvalue weighted by molar-refractivity contribution is -0.137. The molecular formula is C21H21ClN2O3S. The van der Waals surface area contributed by atoms with Crippen molar-refractivity contribution in [2.24, 2.45) is 0 Å². The molecule has 2 aromatic heterocycles. The van der Waals surface area contributed by atoms with Crippen LogP contribution in [0.4, 0.5) is 0 Å². The summed E-state index contributed by atoms with van der Waals surface area (Å²) in [6.45, 7) is 0.356. The number of aliphatic carboxylic acids is 1. The molecule has 0 fully saturated rings. The third kappa shape index (κ3) is 3.84. The molecule has 0 saturated carbocycles. The van der Waals surface area contributed by atoms with Gasteiger partial charge in [0.1, 0.15) is 10.7 Å². The molecule has 7 heteroatoms. The molecule has 3 aromatic rings. The van der Waals surface area contributed by atoms with Crippen LogP contribution >= 0.6 is 22.9 Å². The lowest BCUT2D eigenvalue weighted by Gasteiger charge is -2.14. The van der Waals surface area contributed by atoms with Crippen molar-refractivity contribution in [3.8, 4) is 0 Å². The Hall–Kier alpha value is -2.18. The number of carbonyl (C=O) groups is 1. The summed E-state index contributed by atoms with van der Waals surface area (Å²) in [6, 6.07) is 7.53. The average Bonchev–Trinajstić information content (AvgIpc) is 3.02. The van der Waals surface area contributed by atoms with Gasteiger partial charge in [0.25, 0.3) is 5.56 Å². The Morgan fingerprint density at radius 3 is 2.89 bits per heavy atom. The van der Waals surface area contributed by atoms with E-state index in [0.29, 0.717) is 30.2 Å². The molecule has 5 nitrogen and oxygen atoms in total. The van der Waals surface area contributed by atoms with Gasteiger partial charge in [-0.05, 0) is 55.4 Å². The van der Waals surface area contributed by atoms with Gasteiger partial charge < -0.3 is 5.11 Å². The second-order valence-electron chi connectivity index (χ2n) is 7.18. The molecule has 4 rings (SSSR count). The van der Waals surface area contributed by atoms with E-state index in [2.05, 4.69) is 0 Å². The Morgan fingerprint density at radius 2 is 2.11 bits per heavy atom. The molecule has 28 heavy (non-hydrogen) atoms. The van der Waals surface area contributed by atoms with Crippen molar-refractivity contribution in [3.63, 3.8) is 0 Å². The summed E-state index contributed by atoms with van der Waals surface area (Å²) < 4.78 is 1.67. The van der Waals surface area contributed by atoms with E-state index in [0.717, 1.165) is 47.0 Å². The fraction of sp³-hybridized carbons (Fsp3) is 0.381. The predicted octanol–water partition coefficient (Wildman–Crippen LogP) is 4.45. The molecule has 1 aromatic carbocycles. The maximum atomic E-state index is 13.4. The highest BCUT2D eigenvalue weighted by Crippen LogP contribution is 2.34. The van der Waals surface area contributed by atoms with Gasteiger partial charge in [-0.1, -0.05) is 23.7 Å².